The Morgan fingerprint density at radius 1 is 1.44 bits per heavy atom. The maximum Gasteiger partial charge on any atom is 0.344 e. The number of hydrogen-bond acceptors (Lipinski definition) is 4. The largest absolute Gasteiger partial charge is 0.419 e. The summed E-state index contributed by atoms with van der Waals surface area (Å²) in [6.45, 7) is 0. The summed E-state index contributed by atoms with van der Waals surface area (Å²) in [5.41, 5.74) is -1.39. The van der Waals surface area contributed by atoms with Crippen LogP contribution in [0.1, 0.15) is 15.9 Å². The van der Waals surface area contributed by atoms with Gasteiger partial charge in [0.2, 0.25) is 0 Å². The topological polar surface area (TPSA) is 69.4 Å². The number of cyclic esters (lactones) is 1. The molecule has 0 aromatic heterocycles. The summed E-state index contributed by atoms with van der Waals surface area (Å²) in [6, 6.07) is 1.37. The molecule has 5 nitrogen and oxygen atoms in total. The van der Waals surface area contributed by atoms with Crippen molar-refractivity contribution in [1.29, 1.82) is 0 Å². The Bertz CT molecular complexity index is 539. The Morgan fingerprint density at radius 3 is 2.69 bits per heavy atom. The second-order valence-corrected chi connectivity index (χ2v) is 2.97. The van der Waals surface area contributed by atoms with Gasteiger partial charge in [0.1, 0.15) is 17.7 Å². The van der Waals surface area contributed by atoms with Gasteiger partial charge in [-0.3, -0.25) is 10.1 Å². The van der Waals surface area contributed by atoms with Gasteiger partial charge in [-0.25, -0.2) is 13.6 Å². The van der Waals surface area contributed by atoms with E-state index in [-0.39, 0.29) is 17.5 Å². The summed E-state index contributed by atoms with van der Waals surface area (Å²) >= 11 is 0. The molecule has 0 aliphatic carbocycles. The highest BCUT2D eigenvalue weighted by Crippen LogP contribution is 2.37. The number of carbonyl (C=O) groups excluding carboxylic acids is 1. The normalized spacial score (nSPS) is 16.1. The fourth-order valence-corrected chi connectivity index (χ4v) is 1.44. The van der Waals surface area contributed by atoms with Crippen LogP contribution in [0, 0.1) is 15.9 Å². The van der Waals surface area contributed by atoms with E-state index in [1.54, 1.807) is 0 Å². The zero-order chi connectivity index (χ0) is 11.9. The molecule has 0 fully saturated rings. The second-order valence-electron chi connectivity index (χ2n) is 2.97. The van der Waals surface area contributed by atoms with Crippen molar-refractivity contribution in [3.8, 4) is 0 Å². The molecule has 1 aliphatic heterocycles. The van der Waals surface area contributed by atoms with Gasteiger partial charge in [0.15, 0.2) is 5.76 Å². The minimum Gasteiger partial charge on any atom is -0.419 e. The molecule has 0 radical (unpaired) electrons. The third-order valence-corrected chi connectivity index (χ3v) is 2.05. The van der Waals surface area contributed by atoms with Crippen LogP contribution in [0.4, 0.5) is 14.5 Å². The lowest BCUT2D eigenvalue weighted by Gasteiger charge is -1.98. The van der Waals surface area contributed by atoms with E-state index in [1.807, 2.05) is 0 Å². The molecule has 0 bridgehead atoms. The van der Waals surface area contributed by atoms with Gasteiger partial charge in [-0.1, -0.05) is 0 Å². The van der Waals surface area contributed by atoms with Gasteiger partial charge in [-0.05, 0) is 6.07 Å². The van der Waals surface area contributed by atoms with Crippen LogP contribution in [0.5, 0.6) is 0 Å². The second kappa shape index (κ2) is 3.37. The lowest BCUT2D eigenvalue weighted by molar-refractivity contribution is -0.385. The first-order valence-corrected chi connectivity index (χ1v) is 4.05. The van der Waals surface area contributed by atoms with Crippen LogP contribution in [0.25, 0.3) is 5.76 Å². The number of halogens is 2. The standard InChI is InChI=1S/C9H3F2NO4/c10-3-7-8-5(9(13)16-7)1-4(11)2-6(8)12(14)15/h1-3H/b7-3-. The number of ether oxygens (including phenoxy) is 1. The van der Waals surface area contributed by atoms with Crippen molar-refractivity contribution >= 4 is 17.4 Å². The summed E-state index contributed by atoms with van der Waals surface area (Å²) in [5, 5.41) is 10.6. The van der Waals surface area contributed by atoms with E-state index in [1.165, 1.54) is 0 Å². The zero-order valence-corrected chi connectivity index (χ0v) is 7.57. The summed E-state index contributed by atoms with van der Waals surface area (Å²) in [7, 11) is 0. The molecule has 0 atom stereocenters. The predicted octanol–water partition coefficient (Wildman–Crippen LogP) is 2.17. The fourth-order valence-electron chi connectivity index (χ4n) is 1.44. The number of nitrogens with zero attached hydrogens (tertiary/aromatic N) is 1. The molecule has 0 saturated carbocycles. The van der Waals surface area contributed by atoms with Gasteiger partial charge in [-0.15, -0.1) is 0 Å². The summed E-state index contributed by atoms with van der Waals surface area (Å²) in [4.78, 5) is 20.8. The SMILES string of the molecule is O=C1O/C(=C\F)c2c1cc(F)cc2[N+](=O)[O-]. The van der Waals surface area contributed by atoms with Crippen molar-refractivity contribution in [3.63, 3.8) is 0 Å². The molecule has 16 heavy (non-hydrogen) atoms. The van der Waals surface area contributed by atoms with Crippen LogP contribution in [-0.4, -0.2) is 10.9 Å². The minimum atomic E-state index is -1.01. The summed E-state index contributed by atoms with van der Waals surface area (Å²) in [6.07, 6.45) is -0.0748. The van der Waals surface area contributed by atoms with E-state index in [0.29, 0.717) is 6.07 Å². The van der Waals surface area contributed by atoms with E-state index in [9.17, 15) is 23.7 Å². The molecule has 1 aliphatic rings. The Kier molecular flexibility index (Phi) is 2.15. The van der Waals surface area contributed by atoms with Crippen LogP contribution in [0.2, 0.25) is 0 Å². The highest BCUT2D eigenvalue weighted by atomic mass is 19.1. The Balaban J connectivity index is 2.80. The van der Waals surface area contributed by atoms with Gasteiger partial charge < -0.3 is 4.74 Å². The Labute approximate surface area is 87.1 Å². The Hall–Kier alpha value is -2.31. The molecule has 0 unspecified atom stereocenters. The van der Waals surface area contributed by atoms with E-state index in [0.717, 1.165) is 6.07 Å². The highest BCUT2D eigenvalue weighted by Gasteiger charge is 2.35. The van der Waals surface area contributed by atoms with Gasteiger partial charge in [0.05, 0.1) is 16.6 Å². The summed E-state index contributed by atoms with van der Waals surface area (Å²) in [5.74, 6) is -2.55. The van der Waals surface area contributed by atoms with Crippen LogP contribution in [-0.2, 0) is 4.74 Å². The number of hydrogen-bond donors (Lipinski definition) is 0. The molecule has 1 aromatic rings. The molecule has 0 spiro atoms. The molecule has 1 heterocycles. The Morgan fingerprint density at radius 2 is 2.12 bits per heavy atom. The zero-order valence-electron chi connectivity index (χ0n) is 7.57. The van der Waals surface area contributed by atoms with E-state index >= 15 is 0 Å². The smallest absolute Gasteiger partial charge is 0.344 e. The molecule has 0 amide bonds. The first-order chi connectivity index (χ1) is 7.54. The van der Waals surface area contributed by atoms with Gasteiger partial charge in [0.25, 0.3) is 5.69 Å². The van der Waals surface area contributed by atoms with Crippen molar-refractivity contribution in [3.05, 3.63) is 45.5 Å². The highest BCUT2D eigenvalue weighted by molar-refractivity contribution is 6.04. The number of nitro benzene ring substituents is 1. The monoisotopic (exact) mass is 227 g/mol. The average molecular weight is 227 g/mol. The third kappa shape index (κ3) is 1.33. The first kappa shape index (κ1) is 10.2. The third-order valence-electron chi connectivity index (χ3n) is 2.05. The lowest BCUT2D eigenvalue weighted by atomic mass is 10.1. The first-order valence-electron chi connectivity index (χ1n) is 4.05. The molecule has 1 aromatic carbocycles. The average Bonchev–Trinajstić information content (AvgIpc) is 2.54. The maximum atomic E-state index is 13.0. The molecule has 0 N–H and O–H groups in total. The number of fused-ring (bicyclic) bond motifs is 1. The number of rotatable bonds is 1. The fraction of sp³-hybridized carbons (Fsp3) is 0. The van der Waals surface area contributed by atoms with Crippen LogP contribution in [0.3, 0.4) is 0 Å². The van der Waals surface area contributed by atoms with Crippen LogP contribution < -0.4 is 0 Å². The van der Waals surface area contributed by atoms with E-state index < -0.39 is 28.2 Å². The molecular weight excluding hydrogens is 224 g/mol. The van der Waals surface area contributed by atoms with Crippen molar-refractivity contribution in [2.45, 2.75) is 0 Å². The van der Waals surface area contributed by atoms with Gasteiger partial charge >= 0.3 is 5.97 Å². The van der Waals surface area contributed by atoms with E-state index in [2.05, 4.69) is 4.74 Å². The van der Waals surface area contributed by atoms with Gasteiger partial charge in [0, 0.05) is 0 Å². The van der Waals surface area contributed by atoms with Crippen molar-refractivity contribution in [2.75, 3.05) is 0 Å². The molecule has 7 heteroatoms. The van der Waals surface area contributed by atoms with Gasteiger partial charge in [-0.2, -0.15) is 0 Å². The van der Waals surface area contributed by atoms with Crippen molar-refractivity contribution < 1.29 is 23.2 Å². The van der Waals surface area contributed by atoms with Crippen molar-refractivity contribution in [2.24, 2.45) is 0 Å². The van der Waals surface area contributed by atoms with Crippen molar-refractivity contribution in [1.82, 2.24) is 0 Å². The molecule has 0 saturated heterocycles. The summed E-state index contributed by atoms with van der Waals surface area (Å²) < 4.78 is 29.7. The maximum absolute atomic E-state index is 13.0. The minimum absolute atomic E-state index is 0.0748. The van der Waals surface area contributed by atoms with E-state index in [4.69, 9.17) is 0 Å². The van der Waals surface area contributed by atoms with Crippen LogP contribution >= 0.6 is 0 Å². The molecular formula is C9H3F2NO4. The lowest BCUT2D eigenvalue weighted by Crippen LogP contribution is -1.98. The molecule has 2 rings (SSSR count). The number of benzene rings is 1. The molecule has 82 valence electrons. The number of nitro groups is 1. The van der Waals surface area contributed by atoms with Crippen LogP contribution in [0.15, 0.2) is 18.5 Å². The predicted molar refractivity (Wildman–Crippen MR) is 47.6 cm³/mol. The number of carbonyl (C=O) groups is 1. The quantitative estimate of drug-likeness (QED) is 0.418. The number of esters is 1.